The minimum absolute atomic E-state index is 0.0208. The fourth-order valence-corrected chi connectivity index (χ4v) is 9.07. The van der Waals surface area contributed by atoms with Gasteiger partial charge in [0.25, 0.3) is 11.7 Å². The van der Waals surface area contributed by atoms with Gasteiger partial charge in [0, 0.05) is 74.2 Å². The molecule has 1 unspecified atom stereocenters. The lowest BCUT2D eigenvalue weighted by molar-refractivity contribution is -0.160. The molecule has 348 valence electrons. The van der Waals surface area contributed by atoms with E-state index in [-0.39, 0.29) is 62.7 Å². The second-order valence-corrected chi connectivity index (χ2v) is 18.9. The minimum Gasteiger partial charge on any atom is -0.507 e. The molecule has 4 aliphatic heterocycles. The Kier molecular flexibility index (Phi) is 13.3. The first-order valence-electron chi connectivity index (χ1n) is 21.6. The minimum atomic E-state index is -2.03. The van der Waals surface area contributed by atoms with Crippen molar-refractivity contribution in [1.29, 1.82) is 0 Å². The molecule has 64 heavy (non-hydrogen) atoms. The van der Waals surface area contributed by atoms with E-state index in [2.05, 4.69) is 10.3 Å². The van der Waals surface area contributed by atoms with Gasteiger partial charge in [0.1, 0.15) is 33.9 Å². The number of phenols is 2. The van der Waals surface area contributed by atoms with Gasteiger partial charge in [-0.2, -0.15) is 0 Å². The number of carbonyl (C=O) groups excluding carboxylic acids is 4. The van der Waals surface area contributed by atoms with E-state index in [4.69, 9.17) is 28.7 Å². The molecule has 2 aromatic rings. The van der Waals surface area contributed by atoms with Crippen LogP contribution >= 0.6 is 0 Å². The zero-order valence-electron chi connectivity index (χ0n) is 38.6. The van der Waals surface area contributed by atoms with Crippen LogP contribution in [-0.4, -0.2) is 117 Å². The van der Waals surface area contributed by atoms with E-state index < -0.39 is 100 Å². The molecular weight excluding hydrogens is 829 g/mol. The first-order valence-corrected chi connectivity index (χ1v) is 21.6. The molecule has 1 saturated heterocycles. The quantitative estimate of drug-likeness (QED) is 0.204. The van der Waals surface area contributed by atoms with Crippen molar-refractivity contribution in [2.24, 2.45) is 33.7 Å². The van der Waals surface area contributed by atoms with Crippen LogP contribution in [0.15, 0.2) is 46.1 Å². The van der Waals surface area contributed by atoms with Crippen LogP contribution in [0.25, 0.3) is 10.8 Å². The number of hydrogen-bond donors (Lipinski definition) is 5. The van der Waals surface area contributed by atoms with Crippen LogP contribution < -0.4 is 20.8 Å². The largest absolute Gasteiger partial charge is 0.507 e. The monoisotopic (exact) mass is 890 g/mol. The molecule has 6 rings (SSSR count). The average Bonchev–Trinajstić information content (AvgIpc) is 3.76. The Morgan fingerprint density at radius 1 is 0.969 bits per heavy atom. The molecule has 10 atom stereocenters. The Hall–Kier alpha value is -5.52. The lowest BCUT2D eigenvalue weighted by atomic mass is 9.78. The van der Waals surface area contributed by atoms with Crippen molar-refractivity contribution in [2.45, 2.75) is 124 Å². The predicted molar refractivity (Wildman–Crippen MR) is 234 cm³/mol. The predicted octanol–water partition coefficient (Wildman–Crippen LogP) is 4.68. The smallest absolute Gasteiger partial charge is 0.410 e. The summed E-state index contributed by atoms with van der Waals surface area (Å²) in [6.07, 6.45) is 3.50. The molecular formula is C47H62N4O13. The number of likely N-dealkylation sites (tertiary alicyclic amines) is 1. The van der Waals surface area contributed by atoms with Gasteiger partial charge in [-0.25, -0.2) is 9.79 Å². The third kappa shape index (κ3) is 8.94. The molecule has 4 heterocycles. The van der Waals surface area contributed by atoms with Crippen molar-refractivity contribution in [3.8, 4) is 17.2 Å². The van der Waals surface area contributed by atoms with Crippen LogP contribution in [0.4, 0.5) is 10.5 Å². The van der Waals surface area contributed by atoms with Crippen molar-refractivity contribution in [3.05, 3.63) is 58.0 Å². The number of esters is 1. The van der Waals surface area contributed by atoms with E-state index in [1.807, 2.05) is 0 Å². The summed E-state index contributed by atoms with van der Waals surface area (Å²) in [5.41, 5.74) is -1.25. The number of hydrogen-bond acceptors (Lipinski definition) is 15. The van der Waals surface area contributed by atoms with Crippen LogP contribution in [0, 0.1) is 30.6 Å². The highest BCUT2D eigenvalue weighted by atomic mass is 16.7. The van der Waals surface area contributed by atoms with Gasteiger partial charge >= 0.3 is 17.8 Å². The van der Waals surface area contributed by atoms with E-state index in [1.54, 1.807) is 65.5 Å². The lowest BCUT2D eigenvalue weighted by Gasteiger charge is -2.38. The molecule has 1 fully saturated rings. The van der Waals surface area contributed by atoms with E-state index in [9.17, 15) is 39.6 Å². The van der Waals surface area contributed by atoms with Gasteiger partial charge in [-0.3, -0.25) is 19.4 Å². The third-order valence-electron chi connectivity index (χ3n) is 12.9. The lowest BCUT2D eigenvalue weighted by Crippen LogP contribution is -2.51. The van der Waals surface area contributed by atoms with Crippen LogP contribution in [0.5, 0.6) is 17.2 Å². The van der Waals surface area contributed by atoms with Gasteiger partial charge in [0.05, 0.1) is 53.3 Å². The fraction of sp³-hybridized carbons (Fsp3) is 0.574. The number of carbonyl (C=O) groups is 4. The number of fused-ring (bicyclic) bond motifs is 1. The van der Waals surface area contributed by atoms with Crippen molar-refractivity contribution in [1.82, 2.24) is 4.90 Å². The number of nitrogens with zero attached hydrogens (tertiary/aromatic N) is 3. The molecule has 2 amide bonds. The van der Waals surface area contributed by atoms with Crippen LogP contribution in [0.3, 0.4) is 0 Å². The van der Waals surface area contributed by atoms with Gasteiger partial charge in [-0.05, 0) is 47.1 Å². The summed E-state index contributed by atoms with van der Waals surface area (Å²) in [7, 11) is 1.45. The Labute approximate surface area is 372 Å². The second-order valence-electron chi connectivity index (χ2n) is 18.9. The number of ether oxygens (including phenoxy) is 5. The molecule has 0 radical (unpaired) electrons. The summed E-state index contributed by atoms with van der Waals surface area (Å²) >= 11 is 0. The van der Waals surface area contributed by atoms with E-state index in [0.717, 1.165) is 0 Å². The third-order valence-corrected chi connectivity index (χ3v) is 12.9. The summed E-state index contributed by atoms with van der Waals surface area (Å²) in [4.78, 5) is 65.1. The standard InChI is InChI=1S/C47H62N4O13/c1-22-14-13-15-23(2)43(58)49-35-34-33(50-47(20-48-34)17-18-51(21-47)44(59)64-45(8,9)10)30-31(39(35)56)38(55)27(6)41-32(30)42(57)46(11,63-41)61-19-16-29(60-12)24(3)40(62-28(7)52)26(5)37(54)25(4)36(22)53/h13-16,19,22,24-26,29,36-37,40,50,53-56H,17-18,20-21H2,1-12H3/b14-13+,19-16+,23-15-,49-35?/t22-,24+,25+,26+,29-,36-,37+,40+,46-,47?/m0/s1. The number of rotatable bonds is 2. The zero-order valence-corrected chi connectivity index (χ0v) is 38.6. The number of phenolic OH excluding ortho intramolecular Hbond substituents is 2. The van der Waals surface area contributed by atoms with E-state index >= 15 is 0 Å². The molecule has 2 aromatic carbocycles. The SMILES string of the molecule is CO[C@H]1/C=C/O[C@@]2(C)Oc3c(C)c(O)c4c(O)c(c5c(c4c3C2=O)NC2(CCN(C(=O)OC(C)(C)C)C2)CN=5)=NC(=O)/C(C)=C\C=C\[C@H](C)[C@H](O)[C@@H](C)[C@@H](O)[C@@H](C)[C@H](OC(C)=O)[C@@H]1C. The average molecular weight is 891 g/mol. The first-order chi connectivity index (χ1) is 29.8. The number of allylic oxidation sites excluding steroid dienone is 2. The highest BCUT2D eigenvalue weighted by Gasteiger charge is 2.51. The molecule has 0 aliphatic carbocycles. The van der Waals surface area contributed by atoms with Gasteiger partial charge in [-0.15, -0.1) is 0 Å². The van der Waals surface area contributed by atoms with Crippen molar-refractivity contribution in [3.63, 3.8) is 0 Å². The molecule has 0 aromatic heterocycles. The van der Waals surface area contributed by atoms with Crippen molar-refractivity contribution < 1.29 is 63.3 Å². The molecule has 4 aliphatic rings. The van der Waals surface area contributed by atoms with Gasteiger partial charge < -0.3 is 54.3 Å². The van der Waals surface area contributed by atoms with Gasteiger partial charge in [0.2, 0.25) is 0 Å². The van der Waals surface area contributed by atoms with E-state index in [0.29, 0.717) is 13.0 Å². The maximum atomic E-state index is 14.8. The molecule has 17 nitrogen and oxygen atoms in total. The molecule has 1 spiro atoms. The number of aliphatic hydroxyl groups is 2. The first kappa shape index (κ1) is 47.9. The summed E-state index contributed by atoms with van der Waals surface area (Å²) in [5, 5.41) is 50.1. The zero-order chi connectivity index (χ0) is 47.4. The number of methoxy groups -OCH3 is 1. The van der Waals surface area contributed by atoms with Crippen LogP contribution in [0.2, 0.25) is 0 Å². The Morgan fingerprint density at radius 2 is 1.66 bits per heavy atom. The number of Topliss-reactive ketones (excluding diaryl/α,β-unsaturated/α-hetero) is 1. The van der Waals surface area contributed by atoms with Crippen molar-refractivity contribution in [2.75, 3.05) is 32.1 Å². The van der Waals surface area contributed by atoms with Gasteiger partial charge in [-0.1, -0.05) is 45.9 Å². The number of amides is 2. The summed E-state index contributed by atoms with van der Waals surface area (Å²) in [6, 6.07) is 0. The molecule has 4 bridgehead atoms. The number of anilines is 1. The number of ketones is 1. The second kappa shape index (κ2) is 17.8. The molecule has 17 heteroatoms. The number of aromatic hydroxyl groups is 2. The maximum absolute atomic E-state index is 14.8. The molecule has 5 N–H and O–H groups in total. The Bertz CT molecular complexity index is 2460. The highest BCUT2D eigenvalue weighted by molar-refractivity contribution is 6.21. The number of nitrogens with one attached hydrogen (secondary N) is 1. The molecule has 0 saturated carbocycles. The number of benzene rings is 2. The highest BCUT2D eigenvalue weighted by Crippen LogP contribution is 2.51. The Balaban J connectivity index is 1.56. The topological polar surface area (TPSA) is 235 Å². The summed E-state index contributed by atoms with van der Waals surface area (Å²) < 4.78 is 29.6. The number of aliphatic hydroxyl groups excluding tert-OH is 2. The van der Waals surface area contributed by atoms with E-state index in [1.165, 1.54) is 53.2 Å². The summed E-state index contributed by atoms with van der Waals surface area (Å²) in [6.45, 7) is 18.5. The van der Waals surface area contributed by atoms with Crippen LogP contribution in [-0.2, 0) is 28.5 Å². The van der Waals surface area contributed by atoms with Crippen molar-refractivity contribution >= 4 is 40.2 Å². The van der Waals surface area contributed by atoms with Gasteiger partial charge in [0.15, 0.2) is 5.75 Å². The Morgan fingerprint density at radius 3 is 2.30 bits per heavy atom. The maximum Gasteiger partial charge on any atom is 0.410 e. The normalized spacial score (nSPS) is 33.0. The van der Waals surface area contributed by atoms with Crippen LogP contribution in [0.1, 0.15) is 91.6 Å². The fourth-order valence-electron chi connectivity index (χ4n) is 9.07. The summed E-state index contributed by atoms with van der Waals surface area (Å²) in [5.74, 6) is -7.62.